The largest absolute Gasteiger partial charge is 0.393 e. The first-order valence-corrected chi connectivity index (χ1v) is 5.39. The van der Waals surface area contributed by atoms with Gasteiger partial charge in [0.25, 0.3) is 0 Å². The summed E-state index contributed by atoms with van der Waals surface area (Å²) in [7, 11) is -3.50. The molecule has 1 atom stereocenters. The number of hydrogen-bond acceptors (Lipinski definition) is 5. The quantitative estimate of drug-likeness (QED) is 0.610. The topological polar surface area (TPSA) is 76.0 Å². The van der Waals surface area contributed by atoms with Crippen molar-refractivity contribution in [1.82, 2.24) is 0 Å². The molecule has 5 nitrogen and oxygen atoms in total. The molecule has 0 aliphatic carbocycles. The highest BCUT2D eigenvalue weighted by Crippen LogP contribution is 2.51. The molecule has 0 rings (SSSR count). The third-order valence-electron chi connectivity index (χ3n) is 1.15. The monoisotopic (exact) mass is 198 g/mol. The maximum absolute atomic E-state index is 11.5. The second-order valence-electron chi connectivity index (χ2n) is 2.04. The minimum absolute atomic E-state index is 0.175. The van der Waals surface area contributed by atoms with Gasteiger partial charge in [0.05, 0.1) is 19.8 Å². The van der Waals surface area contributed by atoms with Crippen LogP contribution in [0.2, 0.25) is 0 Å². The number of rotatable bonds is 6. The molecule has 0 aliphatic heterocycles. The lowest BCUT2D eigenvalue weighted by molar-refractivity contribution is 0.103. The van der Waals surface area contributed by atoms with E-state index in [-0.39, 0.29) is 13.2 Å². The van der Waals surface area contributed by atoms with Gasteiger partial charge in [-0.1, -0.05) is 0 Å². The second kappa shape index (κ2) is 5.67. The molecule has 12 heavy (non-hydrogen) atoms. The van der Waals surface area contributed by atoms with Gasteiger partial charge in [-0.2, -0.15) is 0 Å². The zero-order valence-electron chi connectivity index (χ0n) is 7.27. The molecule has 0 aromatic rings. The summed E-state index contributed by atoms with van der Waals surface area (Å²) in [6.45, 7) is 2.99. The SMILES string of the molecule is CCOP(=O)(OCC)[C@@H](O)CO. The number of hydrogen-bond donors (Lipinski definition) is 2. The van der Waals surface area contributed by atoms with Crippen molar-refractivity contribution in [1.29, 1.82) is 0 Å². The van der Waals surface area contributed by atoms with Gasteiger partial charge in [0.15, 0.2) is 5.85 Å². The van der Waals surface area contributed by atoms with Crippen molar-refractivity contribution in [2.45, 2.75) is 19.7 Å². The minimum atomic E-state index is -3.50. The third kappa shape index (κ3) is 3.21. The molecule has 0 amide bonds. The van der Waals surface area contributed by atoms with Crippen molar-refractivity contribution in [2.75, 3.05) is 19.8 Å². The number of aliphatic hydroxyl groups excluding tert-OH is 2. The molecule has 0 aromatic carbocycles. The van der Waals surface area contributed by atoms with Crippen molar-refractivity contribution in [3.63, 3.8) is 0 Å². The lowest BCUT2D eigenvalue weighted by Gasteiger charge is -2.20. The average molecular weight is 198 g/mol. The third-order valence-corrected chi connectivity index (χ3v) is 3.28. The normalized spacial score (nSPS) is 14.7. The first-order chi connectivity index (χ1) is 5.60. The van der Waals surface area contributed by atoms with Gasteiger partial charge in [-0.15, -0.1) is 0 Å². The maximum Gasteiger partial charge on any atom is 0.361 e. The Hall–Kier alpha value is 0.0700. The van der Waals surface area contributed by atoms with Crippen molar-refractivity contribution >= 4 is 7.60 Å². The fraction of sp³-hybridized carbons (Fsp3) is 1.00. The van der Waals surface area contributed by atoms with Crippen LogP contribution in [0, 0.1) is 0 Å². The molecule has 0 bridgehead atoms. The van der Waals surface area contributed by atoms with Crippen LogP contribution in [0.1, 0.15) is 13.8 Å². The fourth-order valence-electron chi connectivity index (χ4n) is 0.669. The van der Waals surface area contributed by atoms with Crippen LogP contribution in [0.15, 0.2) is 0 Å². The molecule has 6 heteroatoms. The van der Waals surface area contributed by atoms with E-state index in [1.54, 1.807) is 13.8 Å². The second-order valence-corrected chi connectivity index (χ2v) is 4.23. The van der Waals surface area contributed by atoms with Gasteiger partial charge in [-0.25, -0.2) is 0 Å². The first-order valence-electron chi connectivity index (χ1n) is 3.78. The van der Waals surface area contributed by atoms with Gasteiger partial charge < -0.3 is 19.3 Å². The molecule has 0 saturated heterocycles. The molecule has 0 aromatic heterocycles. The molecule has 0 radical (unpaired) electrons. The summed E-state index contributed by atoms with van der Waals surface area (Å²) in [4.78, 5) is 0. The van der Waals surface area contributed by atoms with Crippen LogP contribution >= 0.6 is 7.60 Å². The highest BCUT2D eigenvalue weighted by molar-refractivity contribution is 7.54. The van der Waals surface area contributed by atoms with E-state index in [0.29, 0.717) is 0 Å². The summed E-state index contributed by atoms with van der Waals surface area (Å²) in [5, 5.41) is 17.6. The van der Waals surface area contributed by atoms with Gasteiger partial charge in [0.1, 0.15) is 0 Å². The van der Waals surface area contributed by atoms with E-state index in [1.807, 2.05) is 0 Å². The highest BCUT2D eigenvalue weighted by atomic mass is 31.2. The summed E-state index contributed by atoms with van der Waals surface area (Å²) in [5.74, 6) is -1.45. The Morgan fingerprint density at radius 3 is 2.00 bits per heavy atom. The fourth-order valence-corrected chi connectivity index (χ4v) is 2.01. The van der Waals surface area contributed by atoms with Gasteiger partial charge in [0, 0.05) is 0 Å². The molecule has 0 heterocycles. The zero-order valence-corrected chi connectivity index (χ0v) is 8.16. The highest BCUT2D eigenvalue weighted by Gasteiger charge is 2.33. The van der Waals surface area contributed by atoms with Crippen molar-refractivity contribution in [3.05, 3.63) is 0 Å². The van der Waals surface area contributed by atoms with Crippen molar-refractivity contribution in [3.8, 4) is 0 Å². The van der Waals surface area contributed by atoms with Gasteiger partial charge >= 0.3 is 7.60 Å². The molecule has 0 fully saturated rings. The smallest absolute Gasteiger partial charge is 0.361 e. The summed E-state index contributed by atoms with van der Waals surface area (Å²) >= 11 is 0. The predicted molar refractivity (Wildman–Crippen MR) is 44.0 cm³/mol. The van der Waals surface area contributed by atoms with E-state index in [1.165, 1.54) is 0 Å². The van der Waals surface area contributed by atoms with Crippen molar-refractivity contribution < 1.29 is 23.8 Å². The van der Waals surface area contributed by atoms with Crippen LogP contribution in [0.4, 0.5) is 0 Å². The van der Waals surface area contributed by atoms with E-state index >= 15 is 0 Å². The van der Waals surface area contributed by atoms with Gasteiger partial charge in [-0.3, -0.25) is 4.57 Å². The summed E-state index contributed by atoms with van der Waals surface area (Å²) in [5.41, 5.74) is 0. The summed E-state index contributed by atoms with van der Waals surface area (Å²) in [6.07, 6.45) is 0. The Balaban J connectivity index is 4.27. The minimum Gasteiger partial charge on any atom is -0.393 e. The zero-order chi connectivity index (χ0) is 9.61. The van der Waals surface area contributed by atoms with E-state index in [0.717, 1.165) is 0 Å². The van der Waals surface area contributed by atoms with Crippen LogP contribution in [-0.2, 0) is 13.6 Å². The molecular weight excluding hydrogens is 183 g/mol. The Labute approximate surface area is 71.8 Å². The average Bonchev–Trinajstić information content (AvgIpc) is 2.04. The molecule has 0 aliphatic rings. The van der Waals surface area contributed by atoms with E-state index in [4.69, 9.17) is 19.3 Å². The molecule has 2 N–H and O–H groups in total. The molecule has 74 valence electrons. The standard InChI is InChI=1S/C6H15O5P/c1-3-10-12(9,11-4-2)6(8)5-7/h6-8H,3-5H2,1-2H3/t6-/m1/s1. The van der Waals surface area contributed by atoms with Crippen LogP contribution < -0.4 is 0 Å². The lowest BCUT2D eigenvalue weighted by Crippen LogP contribution is -2.16. The van der Waals surface area contributed by atoms with Crippen molar-refractivity contribution in [2.24, 2.45) is 0 Å². The van der Waals surface area contributed by atoms with Crippen LogP contribution in [0.3, 0.4) is 0 Å². The number of aliphatic hydroxyl groups is 2. The van der Waals surface area contributed by atoms with Crippen LogP contribution in [-0.4, -0.2) is 35.9 Å². The summed E-state index contributed by atoms with van der Waals surface area (Å²) < 4.78 is 21.0. The Kier molecular flexibility index (Phi) is 5.70. The van der Waals surface area contributed by atoms with E-state index in [2.05, 4.69) is 0 Å². The van der Waals surface area contributed by atoms with Crippen LogP contribution in [0.5, 0.6) is 0 Å². The summed E-state index contributed by atoms with van der Waals surface area (Å²) in [6, 6.07) is 0. The van der Waals surface area contributed by atoms with E-state index in [9.17, 15) is 4.57 Å². The first kappa shape index (κ1) is 12.1. The molecular formula is C6H15O5P. The van der Waals surface area contributed by atoms with Gasteiger partial charge in [0.2, 0.25) is 0 Å². The Morgan fingerprint density at radius 2 is 1.75 bits per heavy atom. The Morgan fingerprint density at radius 1 is 1.33 bits per heavy atom. The molecule has 0 saturated carbocycles. The maximum atomic E-state index is 11.5. The van der Waals surface area contributed by atoms with Crippen LogP contribution in [0.25, 0.3) is 0 Å². The molecule has 0 spiro atoms. The predicted octanol–water partition coefficient (Wildman–Crippen LogP) is 0.563. The van der Waals surface area contributed by atoms with E-state index < -0.39 is 20.0 Å². The van der Waals surface area contributed by atoms with Gasteiger partial charge in [-0.05, 0) is 13.8 Å². The Bertz CT molecular complexity index is 150. The lowest BCUT2D eigenvalue weighted by atomic mass is 10.8. The molecule has 0 unspecified atom stereocenters.